The summed E-state index contributed by atoms with van der Waals surface area (Å²) < 4.78 is 27.9. The predicted molar refractivity (Wildman–Crippen MR) is 92.7 cm³/mol. The minimum atomic E-state index is -3.63. The molecule has 0 aliphatic carbocycles. The normalized spacial score (nSPS) is 19.6. The Hall–Kier alpha value is -2.34. The van der Waals surface area contributed by atoms with Crippen LogP contribution in [0.1, 0.15) is 24.5 Å². The van der Waals surface area contributed by atoms with Crippen LogP contribution in [-0.2, 0) is 27.7 Å². The van der Waals surface area contributed by atoms with Crippen molar-refractivity contribution in [2.45, 2.75) is 37.1 Å². The molecule has 2 heterocycles. The number of fused-ring (bicyclic) bond motifs is 2. The summed E-state index contributed by atoms with van der Waals surface area (Å²) in [6.07, 6.45) is 1.67. The summed E-state index contributed by atoms with van der Waals surface area (Å²) >= 11 is 0. The highest BCUT2D eigenvalue weighted by Crippen LogP contribution is 2.37. The van der Waals surface area contributed by atoms with E-state index in [2.05, 4.69) is 5.32 Å². The number of carbonyl (C=O) groups excluding carboxylic acids is 1. The van der Waals surface area contributed by atoms with Gasteiger partial charge in [-0.25, -0.2) is 8.42 Å². The molecular formula is C18H18N2O3S. The van der Waals surface area contributed by atoms with Crippen molar-refractivity contribution in [3.63, 3.8) is 0 Å². The lowest BCUT2D eigenvalue weighted by Gasteiger charge is -2.25. The molecule has 0 saturated carbocycles. The van der Waals surface area contributed by atoms with Crippen LogP contribution in [0.2, 0.25) is 0 Å². The van der Waals surface area contributed by atoms with Crippen LogP contribution in [0.4, 0.5) is 11.4 Å². The number of aryl methyl sites for hydroxylation is 1. The van der Waals surface area contributed by atoms with E-state index < -0.39 is 10.0 Å². The van der Waals surface area contributed by atoms with Gasteiger partial charge in [-0.15, -0.1) is 0 Å². The standard InChI is InChI=1S/C18H18N2O3S/c1-12-10-14-4-2-3-5-17(14)20(12)24(22,23)15-7-8-16-13(11-15)6-9-18(21)19-16/h2-5,7-8,11-12H,6,9-10H2,1H3,(H,19,21)/t12-/m1/s1. The van der Waals surface area contributed by atoms with Gasteiger partial charge >= 0.3 is 0 Å². The third-order valence-corrected chi connectivity index (χ3v) is 6.60. The molecule has 5 nitrogen and oxygen atoms in total. The molecule has 1 atom stereocenters. The van der Waals surface area contributed by atoms with Crippen LogP contribution >= 0.6 is 0 Å². The van der Waals surface area contributed by atoms with E-state index in [1.807, 2.05) is 31.2 Å². The van der Waals surface area contributed by atoms with Crippen LogP contribution in [0.25, 0.3) is 0 Å². The molecule has 0 fully saturated rings. The number of nitrogens with zero attached hydrogens (tertiary/aromatic N) is 1. The zero-order valence-corrected chi connectivity index (χ0v) is 14.1. The Balaban J connectivity index is 1.78. The van der Waals surface area contributed by atoms with Gasteiger partial charge in [-0.2, -0.15) is 0 Å². The third kappa shape index (κ3) is 2.29. The molecule has 2 aliphatic rings. The zero-order chi connectivity index (χ0) is 16.9. The number of anilines is 2. The fourth-order valence-electron chi connectivity index (χ4n) is 3.54. The van der Waals surface area contributed by atoms with Crippen molar-refractivity contribution in [1.29, 1.82) is 0 Å². The summed E-state index contributed by atoms with van der Waals surface area (Å²) in [6, 6.07) is 12.5. The van der Waals surface area contributed by atoms with E-state index in [4.69, 9.17) is 0 Å². The van der Waals surface area contributed by atoms with Gasteiger partial charge in [-0.1, -0.05) is 18.2 Å². The molecule has 0 radical (unpaired) electrons. The van der Waals surface area contributed by atoms with E-state index in [0.29, 0.717) is 18.5 Å². The van der Waals surface area contributed by atoms with Gasteiger partial charge in [0.05, 0.1) is 10.6 Å². The number of nitrogens with one attached hydrogen (secondary N) is 1. The lowest BCUT2D eigenvalue weighted by molar-refractivity contribution is -0.116. The fraction of sp³-hybridized carbons (Fsp3) is 0.278. The molecule has 1 N–H and O–H groups in total. The number of amides is 1. The predicted octanol–water partition coefficient (Wildman–Crippen LogP) is 2.71. The number of sulfonamides is 1. The van der Waals surface area contributed by atoms with E-state index in [-0.39, 0.29) is 16.8 Å². The first-order valence-corrected chi connectivity index (χ1v) is 9.46. The Morgan fingerprint density at radius 3 is 2.71 bits per heavy atom. The highest BCUT2D eigenvalue weighted by molar-refractivity contribution is 7.92. The quantitative estimate of drug-likeness (QED) is 0.912. The van der Waals surface area contributed by atoms with E-state index in [9.17, 15) is 13.2 Å². The monoisotopic (exact) mass is 342 g/mol. The summed E-state index contributed by atoms with van der Waals surface area (Å²) in [6.45, 7) is 1.93. The maximum Gasteiger partial charge on any atom is 0.264 e. The van der Waals surface area contributed by atoms with Crippen LogP contribution in [0, 0.1) is 0 Å². The first-order valence-electron chi connectivity index (χ1n) is 8.02. The molecule has 2 aromatic carbocycles. The molecule has 0 saturated heterocycles. The lowest BCUT2D eigenvalue weighted by atomic mass is 10.0. The summed E-state index contributed by atoms with van der Waals surface area (Å²) in [5, 5.41) is 2.79. The molecule has 6 heteroatoms. The van der Waals surface area contributed by atoms with E-state index in [0.717, 1.165) is 23.2 Å². The van der Waals surface area contributed by atoms with Gasteiger partial charge in [-0.3, -0.25) is 9.10 Å². The molecule has 2 aromatic rings. The summed E-state index contributed by atoms with van der Waals surface area (Å²) in [5.41, 5.74) is 3.39. The van der Waals surface area contributed by atoms with Crippen molar-refractivity contribution in [1.82, 2.24) is 0 Å². The van der Waals surface area contributed by atoms with Crippen molar-refractivity contribution in [2.24, 2.45) is 0 Å². The summed E-state index contributed by atoms with van der Waals surface area (Å²) in [5.74, 6) is -0.0276. The van der Waals surface area contributed by atoms with Gasteiger partial charge in [-0.05, 0) is 55.2 Å². The van der Waals surface area contributed by atoms with Crippen LogP contribution in [0.3, 0.4) is 0 Å². The van der Waals surface area contributed by atoms with E-state index >= 15 is 0 Å². The number of rotatable bonds is 2. The van der Waals surface area contributed by atoms with Crippen LogP contribution < -0.4 is 9.62 Å². The SMILES string of the molecule is C[C@@H]1Cc2ccccc2N1S(=O)(=O)c1ccc2c(c1)CCC(=O)N2. The number of benzene rings is 2. The minimum absolute atomic E-state index is 0.0276. The minimum Gasteiger partial charge on any atom is -0.326 e. The third-order valence-electron chi connectivity index (χ3n) is 4.67. The number of hydrogen-bond donors (Lipinski definition) is 1. The molecule has 0 spiro atoms. The highest BCUT2D eigenvalue weighted by atomic mass is 32.2. The van der Waals surface area contributed by atoms with Crippen LogP contribution in [-0.4, -0.2) is 20.4 Å². The largest absolute Gasteiger partial charge is 0.326 e. The molecule has 0 unspecified atom stereocenters. The number of hydrogen-bond acceptors (Lipinski definition) is 3. The fourth-order valence-corrected chi connectivity index (χ4v) is 5.28. The Morgan fingerprint density at radius 2 is 1.88 bits per heavy atom. The Bertz CT molecular complexity index is 937. The molecule has 4 rings (SSSR count). The molecule has 0 aromatic heterocycles. The molecule has 124 valence electrons. The van der Waals surface area contributed by atoms with Crippen molar-refractivity contribution in [3.8, 4) is 0 Å². The van der Waals surface area contributed by atoms with Crippen molar-refractivity contribution < 1.29 is 13.2 Å². The maximum absolute atomic E-state index is 13.2. The highest BCUT2D eigenvalue weighted by Gasteiger charge is 2.36. The van der Waals surface area contributed by atoms with E-state index in [1.54, 1.807) is 18.2 Å². The van der Waals surface area contributed by atoms with Gasteiger partial charge in [0, 0.05) is 18.2 Å². The van der Waals surface area contributed by atoms with Crippen molar-refractivity contribution >= 4 is 27.3 Å². The first-order chi connectivity index (χ1) is 11.5. The molecular weight excluding hydrogens is 324 g/mol. The zero-order valence-electron chi connectivity index (χ0n) is 13.3. The molecule has 24 heavy (non-hydrogen) atoms. The second-order valence-electron chi connectivity index (χ2n) is 6.35. The average molecular weight is 342 g/mol. The van der Waals surface area contributed by atoms with Crippen molar-refractivity contribution in [3.05, 3.63) is 53.6 Å². The summed E-state index contributed by atoms with van der Waals surface area (Å²) in [7, 11) is -3.63. The molecule has 1 amide bonds. The Labute approximate surface area is 141 Å². The topological polar surface area (TPSA) is 66.5 Å². The second kappa shape index (κ2) is 5.34. The van der Waals surface area contributed by atoms with Gasteiger partial charge in [0.15, 0.2) is 0 Å². The molecule has 0 bridgehead atoms. The number of carbonyl (C=O) groups is 1. The van der Waals surface area contributed by atoms with Gasteiger partial charge in [0.25, 0.3) is 10.0 Å². The number of para-hydroxylation sites is 1. The molecule has 2 aliphatic heterocycles. The van der Waals surface area contributed by atoms with Gasteiger partial charge in [0.2, 0.25) is 5.91 Å². The maximum atomic E-state index is 13.2. The average Bonchev–Trinajstić information content (AvgIpc) is 2.90. The first kappa shape index (κ1) is 15.2. The second-order valence-corrected chi connectivity index (χ2v) is 8.16. The van der Waals surface area contributed by atoms with Gasteiger partial charge in [0.1, 0.15) is 0 Å². The Kier molecular flexibility index (Phi) is 3.38. The van der Waals surface area contributed by atoms with Crippen LogP contribution in [0.5, 0.6) is 0 Å². The summed E-state index contributed by atoms with van der Waals surface area (Å²) in [4.78, 5) is 11.7. The van der Waals surface area contributed by atoms with Crippen molar-refractivity contribution in [2.75, 3.05) is 9.62 Å². The van der Waals surface area contributed by atoms with Gasteiger partial charge < -0.3 is 5.32 Å². The smallest absolute Gasteiger partial charge is 0.264 e. The van der Waals surface area contributed by atoms with E-state index in [1.165, 1.54) is 4.31 Å². The lowest BCUT2D eigenvalue weighted by Crippen LogP contribution is -2.35. The Morgan fingerprint density at radius 1 is 1.08 bits per heavy atom. The van der Waals surface area contributed by atoms with Crippen LogP contribution in [0.15, 0.2) is 47.4 Å².